The van der Waals surface area contributed by atoms with Crippen molar-refractivity contribution in [3.05, 3.63) is 0 Å². The normalized spacial score (nSPS) is 14.3. The highest BCUT2D eigenvalue weighted by molar-refractivity contribution is 5.93. The van der Waals surface area contributed by atoms with E-state index in [0.717, 1.165) is 0 Å². The second-order valence-electron chi connectivity index (χ2n) is 7.83. The summed E-state index contributed by atoms with van der Waals surface area (Å²) in [5, 5.41) is 17.1. The number of carboxylic acids is 1. The number of carboxylic acid groups (broad SMARTS) is 1. The molecule has 13 heteroatoms. The molecule has 0 heterocycles. The zero-order chi connectivity index (χ0) is 25.4. The summed E-state index contributed by atoms with van der Waals surface area (Å²) in [5.74, 6) is -3.33. The third-order valence-corrected chi connectivity index (χ3v) is 5.14. The molecule has 0 aliphatic rings. The Kier molecular flexibility index (Phi) is 15.2. The first-order chi connectivity index (χ1) is 15.6. The van der Waals surface area contributed by atoms with Crippen LogP contribution in [0.5, 0.6) is 0 Å². The lowest BCUT2D eigenvalue weighted by atomic mass is 9.98. The summed E-state index contributed by atoms with van der Waals surface area (Å²) in [7, 11) is 0. The van der Waals surface area contributed by atoms with E-state index in [4.69, 9.17) is 22.9 Å². The molecular weight excluding hydrogens is 432 g/mol. The fourth-order valence-corrected chi connectivity index (χ4v) is 3.00. The Morgan fingerprint density at radius 2 is 1.48 bits per heavy atom. The largest absolute Gasteiger partial charge is 0.480 e. The molecule has 33 heavy (non-hydrogen) atoms. The van der Waals surface area contributed by atoms with E-state index in [1.807, 2.05) is 6.92 Å². The zero-order valence-corrected chi connectivity index (χ0v) is 19.5. The Morgan fingerprint density at radius 3 is 2.00 bits per heavy atom. The van der Waals surface area contributed by atoms with Gasteiger partial charge in [0.1, 0.15) is 18.1 Å². The fraction of sp³-hybridized carbons (Fsp3) is 0.750. The third-order valence-electron chi connectivity index (χ3n) is 5.14. The van der Waals surface area contributed by atoms with Crippen LogP contribution in [0.4, 0.5) is 0 Å². The van der Waals surface area contributed by atoms with Gasteiger partial charge in [-0.1, -0.05) is 20.3 Å². The predicted molar refractivity (Wildman–Crippen MR) is 125 cm³/mol. The smallest absolute Gasteiger partial charge is 0.326 e. The molecule has 0 aromatic carbocycles. The Labute approximate surface area is 194 Å². The van der Waals surface area contributed by atoms with Crippen molar-refractivity contribution in [1.29, 1.82) is 0 Å². The van der Waals surface area contributed by atoms with Crippen LogP contribution in [0, 0.1) is 5.92 Å². The summed E-state index contributed by atoms with van der Waals surface area (Å²) in [6.45, 7) is 3.88. The van der Waals surface area contributed by atoms with E-state index >= 15 is 0 Å². The van der Waals surface area contributed by atoms with Crippen molar-refractivity contribution in [2.24, 2.45) is 33.8 Å². The van der Waals surface area contributed by atoms with Gasteiger partial charge in [0.15, 0.2) is 5.96 Å². The maximum Gasteiger partial charge on any atom is 0.326 e. The number of nitrogens with two attached hydrogens (primary N) is 4. The van der Waals surface area contributed by atoms with Crippen LogP contribution >= 0.6 is 0 Å². The summed E-state index contributed by atoms with van der Waals surface area (Å²) < 4.78 is 0. The molecule has 0 fully saturated rings. The second kappa shape index (κ2) is 16.7. The molecule has 0 aliphatic heterocycles. The van der Waals surface area contributed by atoms with Gasteiger partial charge in [-0.05, 0) is 44.6 Å². The van der Waals surface area contributed by atoms with Crippen molar-refractivity contribution >= 4 is 29.7 Å². The molecule has 0 saturated carbocycles. The molecule has 0 bridgehead atoms. The second-order valence-corrected chi connectivity index (χ2v) is 7.83. The van der Waals surface area contributed by atoms with Gasteiger partial charge in [0.2, 0.25) is 17.7 Å². The lowest BCUT2D eigenvalue weighted by molar-refractivity contribution is -0.143. The first-order valence-electron chi connectivity index (χ1n) is 11.2. The van der Waals surface area contributed by atoms with Crippen molar-refractivity contribution < 1.29 is 24.3 Å². The summed E-state index contributed by atoms with van der Waals surface area (Å²) >= 11 is 0. The van der Waals surface area contributed by atoms with Crippen LogP contribution in [0.3, 0.4) is 0 Å². The molecule has 0 spiro atoms. The van der Waals surface area contributed by atoms with Crippen LogP contribution in [-0.2, 0) is 19.2 Å². The maximum absolute atomic E-state index is 12.9. The molecule has 3 amide bonds. The Hall–Kier alpha value is -2.93. The third kappa shape index (κ3) is 12.6. The molecule has 190 valence electrons. The van der Waals surface area contributed by atoms with Gasteiger partial charge in [-0.2, -0.15) is 0 Å². The van der Waals surface area contributed by atoms with Gasteiger partial charge < -0.3 is 44.0 Å². The predicted octanol–water partition coefficient (Wildman–Crippen LogP) is -2.29. The van der Waals surface area contributed by atoms with Crippen LogP contribution in [0.15, 0.2) is 4.99 Å². The topological polar surface area (TPSA) is 241 Å². The maximum atomic E-state index is 12.9. The van der Waals surface area contributed by atoms with Crippen LogP contribution in [0.2, 0.25) is 0 Å². The Balaban J connectivity index is 5.50. The number of aliphatic carboxylic acids is 1. The average Bonchev–Trinajstić information content (AvgIpc) is 2.77. The van der Waals surface area contributed by atoms with Gasteiger partial charge >= 0.3 is 5.97 Å². The number of guanidine groups is 1. The molecule has 0 radical (unpaired) electrons. The molecule has 0 saturated heterocycles. The first kappa shape index (κ1) is 30.1. The minimum atomic E-state index is -1.17. The lowest BCUT2D eigenvalue weighted by Gasteiger charge is -2.26. The van der Waals surface area contributed by atoms with E-state index in [1.54, 1.807) is 6.92 Å². The Bertz CT molecular complexity index is 669. The number of hydrogen-bond acceptors (Lipinski definition) is 7. The van der Waals surface area contributed by atoms with Gasteiger partial charge in [0.25, 0.3) is 0 Å². The van der Waals surface area contributed by atoms with Crippen molar-refractivity contribution in [2.45, 2.75) is 70.5 Å². The van der Waals surface area contributed by atoms with E-state index in [1.165, 1.54) is 0 Å². The van der Waals surface area contributed by atoms with Gasteiger partial charge in [-0.3, -0.25) is 19.4 Å². The molecule has 13 nitrogen and oxygen atoms in total. The van der Waals surface area contributed by atoms with E-state index < -0.39 is 41.8 Å². The molecule has 4 atom stereocenters. The van der Waals surface area contributed by atoms with E-state index in [-0.39, 0.29) is 31.4 Å². The van der Waals surface area contributed by atoms with Crippen LogP contribution in [0.25, 0.3) is 0 Å². The minimum Gasteiger partial charge on any atom is -0.480 e. The molecule has 4 unspecified atom stereocenters. The van der Waals surface area contributed by atoms with Crippen LogP contribution < -0.4 is 38.9 Å². The summed E-state index contributed by atoms with van der Waals surface area (Å²) in [6, 6.07) is -3.08. The van der Waals surface area contributed by atoms with Gasteiger partial charge in [-0.25, -0.2) is 4.79 Å². The highest BCUT2D eigenvalue weighted by Crippen LogP contribution is 2.10. The van der Waals surface area contributed by atoms with Crippen molar-refractivity contribution in [1.82, 2.24) is 16.0 Å². The van der Waals surface area contributed by atoms with Crippen LogP contribution in [-0.4, -0.2) is 72.5 Å². The highest BCUT2D eigenvalue weighted by atomic mass is 16.4. The van der Waals surface area contributed by atoms with Gasteiger partial charge in [0, 0.05) is 6.54 Å². The molecule has 0 rings (SSSR count). The standard InChI is InChI=1S/C20H40N8O5/c1-3-12(2)16(19(32)33)28-18(31)14(8-6-10-25-20(23)24)27-17(30)13(7-4-5-9-21)26-15(29)11-22/h12-14,16H,3-11,21-22H2,1-2H3,(H,26,29)(H,27,30)(H,28,31)(H,32,33)(H4,23,24,25). The number of unbranched alkanes of at least 4 members (excludes halogenated alkanes) is 1. The van der Waals surface area contributed by atoms with Crippen LogP contribution in [0.1, 0.15) is 52.4 Å². The molecule has 12 N–H and O–H groups in total. The number of aliphatic imine (C=N–C) groups is 1. The summed E-state index contributed by atoms with van der Waals surface area (Å²) in [4.78, 5) is 53.0. The van der Waals surface area contributed by atoms with Crippen molar-refractivity contribution in [3.8, 4) is 0 Å². The monoisotopic (exact) mass is 472 g/mol. The van der Waals surface area contributed by atoms with E-state index in [0.29, 0.717) is 38.6 Å². The zero-order valence-electron chi connectivity index (χ0n) is 19.5. The number of carbonyl (C=O) groups excluding carboxylic acids is 3. The molecule has 0 aliphatic carbocycles. The minimum absolute atomic E-state index is 0.104. The molecule has 0 aromatic rings. The lowest BCUT2D eigenvalue weighted by Crippen LogP contribution is -2.57. The van der Waals surface area contributed by atoms with E-state index in [2.05, 4.69) is 20.9 Å². The van der Waals surface area contributed by atoms with Gasteiger partial charge in [0.05, 0.1) is 6.54 Å². The van der Waals surface area contributed by atoms with Gasteiger partial charge in [-0.15, -0.1) is 0 Å². The summed E-state index contributed by atoms with van der Waals surface area (Å²) in [6.07, 6.45) is 2.58. The quantitative estimate of drug-likeness (QED) is 0.0644. The number of amides is 3. The SMILES string of the molecule is CCC(C)C(NC(=O)C(CCCN=C(N)N)NC(=O)C(CCCCN)NC(=O)CN)C(=O)O. The molecule has 0 aromatic heterocycles. The number of nitrogens with zero attached hydrogens (tertiary/aromatic N) is 1. The van der Waals surface area contributed by atoms with Crippen molar-refractivity contribution in [3.63, 3.8) is 0 Å². The highest BCUT2D eigenvalue weighted by Gasteiger charge is 2.31. The fourth-order valence-electron chi connectivity index (χ4n) is 3.00. The number of rotatable bonds is 17. The average molecular weight is 473 g/mol. The molecular formula is C20H40N8O5. The number of hydrogen-bond donors (Lipinski definition) is 8. The Morgan fingerprint density at radius 1 is 0.909 bits per heavy atom. The van der Waals surface area contributed by atoms with Crippen molar-refractivity contribution in [2.75, 3.05) is 19.6 Å². The first-order valence-corrected chi connectivity index (χ1v) is 11.2. The number of nitrogens with one attached hydrogen (secondary N) is 3. The van der Waals surface area contributed by atoms with E-state index in [9.17, 15) is 24.3 Å². The number of carbonyl (C=O) groups is 4. The summed E-state index contributed by atoms with van der Waals surface area (Å²) in [5.41, 5.74) is 21.5.